The molecule has 3 aromatic rings. The lowest BCUT2D eigenvalue weighted by molar-refractivity contribution is 0.220. The van der Waals surface area contributed by atoms with Gasteiger partial charge in [-0.15, -0.1) is 15.3 Å². The molecule has 1 atom stereocenters. The van der Waals surface area contributed by atoms with Crippen LogP contribution in [0.25, 0.3) is 5.65 Å². The Kier molecular flexibility index (Phi) is 4.04. The van der Waals surface area contributed by atoms with Crippen molar-refractivity contribution in [3.8, 4) is 6.07 Å². The van der Waals surface area contributed by atoms with Gasteiger partial charge in [0.1, 0.15) is 12.1 Å². The summed E-state index contributed by atoms with van der Waals surface area (Å²) in [6.07, 6.45) is 1.63. The number of anilines is 1. The van der Waals surface area contributed by atoms with Crippen molar-refractivity contribution in [1.82, 2.24) is 24.7 Å². The maximum Gasteiger partial charge on any atom is 0.177 e. The van der Waals surface area contributed by atoms with Crippen molar-refractivity contribution < 1.29 is 0 Å². The van der Waals surface area contributed by atoms with E-state index >= 15 is 0 Å². The third kappa shape index (κ3) is 3.16. The van der Waals surface area contributed by atoms with Crippen LogP contribution < -0.4 is 4.90 Å². The van der Waals surface area contributed by atoms with Gasteiger partial charge in [-0.3, -0.25) is 4.90 Å². The van der Waals surface area contributed by atoms with Gasteiger partial charge in [0.15, 0.2) is 5.65 Å². The largest absolute Gasteiger partial charge is 0.350 e. The van der Waals surface area contributed by atoms with Gasteiger partial charge in [0, 0.05) is 32.2 Å². The fourth-order valence-electron chi connectivity index (χ4n) is 3.39. The molecule has 0 N–H and O–H groups in total. The molecule has 0 amide bonds. The SMILES string of the molecule is C[C@H]1CN(Cc2cccc(C#N)c2)CCN1c1ccc2nncn2n1. The first-order chi connectivity index (χ1) is 12.2. The van der Waals surface area contributed by atoms with Crippen LogP contribution in [0.3, 0.4) is 0 Å². The van der Waals surface area contributed by atoms with E-state index in [0.717, 1.165) is 43.2 Å². The summed E-state index contributed by atoms with van der Waals surface area (Å²) in [6.45, 7) is 5.92. The van der Waals surface area contributed by atoms with E-state index in [1.54, 1.807) is 10.8 Å². The molecule has 25 heavy (non-hydrogen) atoms. The quantitative estimate of drug-likeness (QED) is 0.726. The molecular weight excluding hydrogens is 314 g/mol. The maximum atomic E-state index is 9.04. The Bertz CT molecular complexity index is 926. The van der Waals surface area contributed by atoms with Crippen LogP contribution in [0.1, 0.15) is 18.1 Å². The van der Waals surface area contributed by atoms with Gasteiger partial charge >= 0.3 is 0 Å². The molecule has 0 aliphatic carbocycles. The fraction of sp³-hybridized carbons (Fsp3) is 0.333. The zero-order valence-corrected chi connectivity index (χ0v) is 14.1. The van der Waals surface area contributed by atoms with E-state index in [1.807, 2.05) is 30.3 Å². The lowest BCUT2D eigenvalue weighted by Gasteiger charge is -2.40. The van der Waals surface area contributed by atoms with E-state index in [4.69, 9.17) is 5.26 Å². The summed E-state index contributed by atoms with van der Waals surface area (Å²) in [5, 5.41) is 21.5. The number of hydrogen-bond acceptors (Lipinski definition) is 6. The number of piperazine rings is 1. The van der Waals surface area contributed by atoms with E-state index in [2.05, 4.69) is 44.2 Å². The highest BCUT2D eigenvalue weighted by atomic mass is 15.4. The molecule has 0 radical (unpaired) electrons. The van der Waals surface area contributed by atoms with Gasteiger partial charge in [0.25, 0.3) is 0 Å². The monoisotopic (exact) mass is 333 g/mol. The van der Waals surface area contributed by atoms with Crippen LogP contribution in [-0.2, 0) is 6.54 Å². The molecule has 1 aromatic carbocycles. The normalized spacial score (nSPS) is 18.4. The minimum absolute atomic E-state index is 0.356. The summed E-state index contributed by atoms with van der Waals surface area (Å²) in [5.41, 5.74) is 2.66. The lowest BCUT2D eigenvalue weighted by Crippen LogP contribution is -2.52. The molecule has 4 rings (SSSR count). The summed E-state index contributed by atoms with van der Waals surface area (Å²) in [7, 11) is 0. The zero-order valence-electron chi connectivity index (χ0n) is 14.1. The van der Waals surface area contributed by atoms with Crippen molar-refractivity contribution in [2.75, 3.05) is 24.5 Å². The topological polar surface area (TPSA) is 73.4 Å². The minimum Gasteiger partial charge on any atom is -0.350 e. The molecule has 126 valence electrons. The Morgan fingerprint density at radius 2 is 2.16 bits per heavy atom. The molecule has 0 spiro atoms. The average molecular weight is 333 g/mol. The Morgan fingerprint density at radius 3 is 3.00 bits per heavy atom. The van der Waals surface area contributed by atoms with Crippen molar-refractivity contribution in [3.63, 3.8) is 0 Å². The number of rotatable bonds is 3. The summed E-state index contributed by atoms with van der Waals surface area (Å²) in [5.74, 6) is 0.950. The summed E-state index contributed by atoms with van der Waals surface area (Å²) >= 11 is 0. The number of nitrogens with zero attached hydrogens (tertiary/aromatic N) is 7. The van der Waals surface area contributed by atoms with Gasteiger partial charge in [0.05, 0.1) is 11.6 Å². The fourth-order valence-corrected chi connectivity index (χ4v) is 3.39. The van der Waals surface area contributed by atoms with Gasteiger partial charge in [-0.1, -0.05) is 12.1 Å². The highest BCUT2D eigenvalue weighted by Crippen LogP contribution is 2.20. The second kappa shape index (κ2) is 6.49. The third-order valence-electron chi connectivity index (χ3n) is 4.62. The predicted molar refractivity (Wildman–Crippen MR) is 94.0 cm³/mol. The van der Waals surface area contributed by atoms with Crippen LogP contribution in [-0.4, -0.2) is 50.4 Å². The number of nitriles is 1. The highest BCUT2D eigenvalue weighted by molar-refractivity contribution is 5.46. The first-order valence-corrected chi connectivity index (χ1v) is 8.38. The number of hydrogen-bond donors (Lipinski definition) is 0. The van der Waals surface area contributed by atoms with Gasteiger partial charge in [0.2, 0.25) is 0 Å². The summed E-state index contributed by atoms with van der Waals surface area (Å²) < 4.78 is 1.71. The van der Waals surface area contributed by atoms with E-state index < -0.39 is 0 Å². The standard InChI is InChI=1S/C18H19N7/c1-14-11-23(12-16-4-2-3-15(9-16)10-19)7-8-24(14)18-6-5-17-21-20-13-25(17)22-18/h2-6,9,13-14H,7-8,11-12H2,1H3/t14-/m0/s1. The maximum absolute atomic E-state index is 9.04. The molecule has 1 aliphatic rings. The van der Waals surface area contributed by atoms with E-state index in [9.17, 15) is 0 Å². The van der Waals surface area contributed by atoms with Crippen LogP contribution in [0.4, 0.5) is 5.82 Å². The number of aromatic nitrogens is 4. The highest BCUT2D eigenvalue weighted by Gasteiger charge is 2.25. The summed E-state index contributed by atoms with van der Waals surface area (Å²) in [4.78, 5) is 4.75. The van der Waals surface area contributed by atoms with Crippen LogP contribution in [0.2, 0.25) is 0 Å². The van der Waals surface area contributed by atoms with Gasteiger partial charge in [-0.2, -0.15) is 9.78 Å². The Labute approximate surface area is 146 Å². The Balaban J connectivity index is 1.45. The molecule has 1 aliphatic heterocycles. The molecule has 0 bridgehead atoms. The molecule has 7 heteroatoms. The minimum atomic E-state index is 0.356. The second-order valence-corrected chi connectivity index (χ2v) is 6.41. The predicted octanol–water partition coefficient (Wildman–Crippen LogP) is 1.71. The van der Waals surface area contributed by atoms with Gasteiger partial charge in [-0.05, 0) is 36.8 Å². The molecule has 1 saturated heterocycles. The van der Waals surface area contributed by atoms with Gasteiger partial charge < -0.3 is 4.90 Å². The average Bonchev–Trinajstić information content (AvgIpc) is 3.10. The van der Waals surface area contributed by atoms with E-state index in [0.29, 0.717) is 6.04 Å². The molecular formula is C18H19N7. The van der Waals surface area contributed by atoms with Crippen LogP contribution >= 0.6 is 0 Å². The molecule has 1 fully saturated rings. The van der Waals surface area contributed by atoms with Crippen molar-refractivity contribution in [3.05, 3.63) is 53.9 Å². The molecule has 2 aromatic heterocycles. The Morgan fingerprint density at radius 1 is 1.24 bits per heavy atom. The number of fused-ring (bicyclic) bond motifs is 1. The zero-order chi connectivity index (χ0) is 17.2. The molecule has 3 heterocycles. The van der Waals surface area contributed by atoms with Crippen molar-refractivity contribution in [1.29, 1.82) is 5.26 Å². The van der Waals surface area contributed by atoms with E-state index in [1.165, 1.54) is 5.56 Å². The molecule has 7 nitrogen and oxygen atoms in total. The second-order valence-electron chi connectivity index (χ2n) is 6.41. The first-order valence-electron chi connectivity index (χ1n) is 8.38. The Hall–Kier alpha value is -2.98. The van der Waals surface area contributed by atoms with Crippen LogP contribution in [0.15, 0.2) is 42.7 Å². The molecule has 0 unspecified atom stereocenters. The van der Waals surface area contributed by atoms with Crippen molar-refractivity contribution >= 4 is 11.5 Å². The lowest BCUT2D eigenvalue weighted by atomic mass is 10.1. The first kappa shape index (κ1) is 15.5. The third-order valence-corrected chi connectivity index (χ3v) is 4.62. The molecule has 0 saturated carbocycles. The number of benzene rings is 1. The van der Waals surface area contributed by atoms with Crippen LogP contribution in [0.5, 0.6) is 0 Å². The summed E-state index contributed by atoms with van der Waals surface area (Å²) in [6, 6.07) is 14.4. The van der Waals surface area contributed by atoms with Gasteiger partial charge in [-0.25, -0.2) is 0 Å². The smallest absolute Gasteiger partial charge is 0.177 e. The van der Waals surface area contributed by atoms with Crippen molar-refractivity contribution in [2.24, 2.45) is 0 Å². The van der Waals surface area contributed by atoms with Crippen molar-refractivity contribution in [2.45, 2.75) is 19.5 Å². The van der Waals surface area contributed by atoms with Crippen LogP contribution in [0, 0.1) is 11.3 Å². The van der Waals surface area contributed by atoms with E-state index in [-0.39, 0.29) is 0 Å².